The zero-order valence-corrected chi connectivity index (χ0v) is 11.4. The smallest absolute Gasteiger partial charge is 0.303 e. The van der Waals surface area contributed by atoms with E-state index in [9.17, 15) is 14.0 Å². The number of benzene rings is 2. The van der Waals surface area contributed by atoms with Crippen LogP contribution in [0.25, 0.3) is 11.1 Å². The average molecular weight is 286 g/mol. The molecule has 3 nitrogen and oxygen atoms in total. The minimum atomic E-state index is -0.938. The van der Waals surface area contributed by atoms with Gasteiger partial charge < -0.3 is 5.11 Å². The molecule has 2 aromatic carbocycles. The van der Waals surface area contributed by atoms with Gasteiger partial charge in [0.15, 0.2) is 5.78 Å². The predicted molar refractivity (Wildman–Crippen MR) is 77.7 cm³/mol. The van der Waals surface area contributed by atoms with Crippen molar-refractivity contribution in [2.75, 3.05) is 0 Å². The normalized spacial score (nSPS) is 10.3. The standard InChI is InChI=1S/C17H15FO3/c18-15-10-13(12-5-2-1-3-6-12)9-14(11-15)16(19)7-4-8-17(20)21/h1-3,5-6,9-11H,4,7-8H2,(H,20,21). The number of carboxylic acids is 1. The number of ketones is 1. The monoisotopic (exact) mass is 286 g/mol. The summed E-state index contributed by atoms with van der Waals surface area (Å²) in [4.78, 5) is 22.4. The molecule has 21 heavy (non-hydrogen) atoms. The second kappa shape index (κ2) is 6.79. The first-order chi connectivity index (χ1) is 10.1. The molecule has 0 aromatic heterocycles. The molecule has 0 spiro atoms. The molecule has 0 bridgehead atoms. The van der Waals surface area contributed by atoms with Crippen LogP contribution in [0.4, 0.5) is 4.39 Å². The molecule has 108 valence electrons. The summed E-state index contributed by atoms with van der Waals surface area (Å²) in [6, 6.07) is 13.4. The summed E-state index contributed by atoms with van der Waals surface area (Å²) >= 11 is 0. The Kier molecular flexibility index (Phi) is 4.82. The summed E-state index contributed by atoms with van der Waals surface area (Å²) in [5.41, 5.74) is 1.74. The van der Waals surface area contributed by atoms with E-state index in [0.29, 0.717) is 5.56 Å². The molecule has 0 unspecified atom stereocenters. The van der Waals surface area contributed by atoms with Crippen LogP contribution in [0.1, 0.15) is 29.6 Å². The molecule has 0 aliphatic heterocycles. The largest absolute Gasteiger partial charge is 0.481 e. The van der Waals surface area contributed by atoms with Gasteiger partial charge >= 0.3 is 5.97 Å². The van der Waals surface area contributed by atoms with E-state index < -0.39 is 11.8 Å². The van der Waals surface area contributed by atoms with Gasteiger partial charge in [0.2, 0.25) is 0 Å². The molecule has 0 amide bonds. The zero-order valence-electron chi connectivity index (χ0n) is 11.4. The molecule has 0 radical (unpaired) electrons. The predicted octanol–water partition coefficient (Wildman–Crippen LogP) is 3.93. The van der Waals surface area contributed by atoms with Crippen molar-refractivity contribution >= 4 is 11.8 Å². The average Bonchev–Trinajstić information content (AvgIpc) is 2.47. The number of Topliss-reactive ketones (excluding diaryl/α,β-unsaturated/α-hetero) is 1. The highest BCUT2D eigenvalue weighted by molar-refractivity contribution is 5.97. The quantitative estimate of drug-likeness (QED) is 0.818. The van der Waals surface area contributed by atoms with Gasteiger partial charge in [0, 0.05) is 18.4 Å². The van der Waals surface area contributed by atoms with Crippen molar-refractivity contribution in [3.05, 3.63) is 59.9 Å². The van der Waals surface area contributed by atoms with Gasteiger partial charge in [-0.05, 0) is 35.7 Å². The maximum atomic E-state index is 13.7. The summed E-state index contributed by atoms with van der Waals surface area (Å²) < 4.78 is 13.7. The van der Waals surface area contributed by atoms with Gasteiger partial charge in [-0.3, -0.25) is 9.59 Å². The highest BCUT2D eigenvalue weighted by Crippen LogP contribution is 2.22. The van der Waals surface area contributed by atoms with Gasteiger partial charge in [-0.15, -0.1) is 0 Å². The van der Waals surface area contributed by atoms with E-state index in [1.807, 2.05) is 30.3 Å². The lowest BCUT2D eigenvalue weighted by atomic mass is 9.99. The van der Waals surface area contributed by atoms with Gasteiger partial charge in [-0.2, -0.15) is 0 Å². The van der Waals surface area contributed by atoms with Crippen LogP contribution in [0, 0.1) is 5.82 Å². The summed E-state index contributed by atoms with van der Waals surface area (Å²) in [5, 5.41) is 8.56. The van der Waals surface area contributed by atoms with Crippen LogP contribution in [0.15, 0.2) is 48.5 Å². The number of carbonyl (C=O) groups is 2. The van der Waals surface area contributed by atoms with Gasteiger partial charge in [0.25, 0.3) is 0 Å². The zero-order chi connectivity index (χ0) is 15.2. The highest BCUT2D eigenvalue weighted by atomic mass is 19.1. The second-order valence-corrected chi connectivity index (χ2v) is 4.77. The van der Waals surface area contributed by atoms with E-state index in [1.54, 1.807) is 6.07 Å². The van der Waals surface area contributed by atoms with Crippen molar-refractivity contribution in [1.82, 2.24) is 0 Å². The lowest BCUT2D eigenvalue weighted by Gasteiger charge is -2.06. The molecule has 1 N–H and O–H groups in total. The molecule has 0 atom stereocenters. The van der Waals surface area contributed by atoms with Gasteiger partial charge in [-0.1, -0.05) is 30.3 Å². The number of halogens is 1. The molecule has 2 aromatic rings. The van der Waals surface area contributed by atoms with Crippen molar-refractivity contribution in [3.63, 3.8) is 0 Å². The number of carboxylic acid groups (broad SMARTS) is 1. The molecule has 2 rings (SSSR count). The Morgan fingerprint density at radius 1 is 0.952 bits per heavy atom. The molecule has 0 fully saturated rings. The third-order valence-electron chi connectivity index (χ3n) is 3.12. The summed E-state index contributed by atoms with van der Waals surface area (Å²) in [6.45, 7) is 0. The first kappa shape index (κ1) is 14.9. The van der Waals surface area contributed by atoms with Crippen LogP contribution >= 0.6 is 0 Å². The Morgan fingerprint density at radius 2 is 1.67 bits per heavy atom. The Labute approximate surface area is 122 Å². The first-order valence-electron chi connectivity index (χ1n) is 6.67. The third-order valence-corrected chi connectivity index (χ3v) is 3.12. The number of hydrogen-bond acceptors (Lipinski definition) is 2. The Balaban J connectivity index is 2.19. The van der Waals surface area contributed by atoms with Crippen LogP contribution in [-0.4, -0.2) is 16.9 Å². The van der Waals surface area contributed by atoms with Crippen LogP contribution in [0.5, 0.6) is 0 Å². The Morgan fingerprint density at radius 3 is 2.33 bits per heavy atom. The molecule has 4 heteroatoms. The van der Waals surface area contributed by atoms with Gasteiger partial charge in [0.05, 0.1) is 0 Å². The highest BCUT2D eigenvalue weighted by Gasteiger charge is 2.11. The molecule has 0 aliphatic rings. The van der Waals surface area contributed by atoms with Crippen molar-refractivity contribution in [1.29, 1.82) is 0 Å². The van der Waals surface area contributed by atoms with E-state index in [2.05, 4.69) is 0 Å². The van der Waals surface area contributed by atoms with E-state index in [-0.39, 0.29) is 30.6 Å². The fourth-order valence-electron chi connectivity index (χ4n) is 2.09. The molecule has 0 saturated carbocycles. The fourth-order valence-corrected chi connectivity index (χ4v) is 2.09. The van der Waals surface area contributed by atoms with Gasteiger partial charge in [0.1, 0.15) is 5.82 Å². The van der Waals surface area contributed by atoms with E-state index in [0.717, 1.165) is 5.56 Å². The number of aliphatic carboxylic acids is 1. The lowest BCUT2D eigenvalue weighted by Crippen LogP contribution is -2.02. The van der Waals surface area contributed by atoms with Crippen LogP contribution in [-0.2, 0) is 4.79 Å². The summed E-state index contributed by atoms with van der Waals surface area (Å²) in [6.07, 6.45) is 0.294. The van der Waals surface area contributed by atoms with Crippen molar-refractivity contribution < 1.29 is 19.1 Å². The lowest BCUT2D eigenvalue weighted by molar-refractivity contribution is -0.137. The maximum absolute atomic E-state index is 13.7. The minimum Gasteiger partial charge on any atom is -0.481 e. The molecular weight excluding hydrogens is 271 g/mol. The van der Waals surface area contributed by atoms with E-state index in [1.165, 1.54) is 12.1 Å². The third kappa shape index (κ3) is 4.24. The van der Waals surface area contributed by atoms with Crippen molar-refractivity contribution in [2.24, 2.45) is 0 Å². The maximum Gasteiger partial charge on any atom is 0.303 e. The molecule has 0 saturated heterocycles. The summed E-state index contributed by atoms with van der Waals surface area (Å²) in [5.74, 6) is -1.65. The SMILES string of the molecule is O=C(O)CCCC(=O)c1cc(F)cc(-c2ccccc2)c1. The molecular formula is C17H15FO3. The topological polar surface area (TPSA) is 54.4 Å². The Bertz CT molecular complexity index is 650. The summed E-state index contributed by atoms with van der Waals surface area (Å²) in [7, 11) is 0. The van der Waals surface area contributed by atoms with Crippen LogP contribution < -0.4 is 0 Å². The minimum absolute atomic E-state index is 0.0629. The number of rotatable bonds is 6. The van der Waals surface area contributed by atoms with Crippen molar-refractivity contribution in [2.45, 2.75) is 19.3 Å². The van der Waals surface area contributed by atoms with Crippen LogP contribution in [0.2, 0.25) is 0 Å². The van der Waals surface area contributed by atoms with Crippen molar-refractivity contribution in [3.8, 4) is 11.1 Å². The Hall–Kier alpha value is -2.49. The second-order valence-electron chi connectivity index (χ2n) is 4.77. The van der Waals surface area contributed by atoms with E-state index >= 15 is 0 Å². The number of hydrogen-bond donors (Lipinski definition) is 1. The number of carbonyl (C=O) groups excluding carboxylic acids is 1. The van der Waals surface area contributed by atoms with E-state index in [4.69, 9.17) is 5.11 Å². The fraction of sp³-hybridized carbons (Fsp3) is 0.176. The van der Waals surface area contributed by atoms with Gasteiger partial charge in [-0.25, -0.2) is 4.39 Å². The first-order valence-corrected chi connectivity index (χ1v) is 6.67. The molecule has 0 heterocycles. The van der Waals surface area contributed by atoms with Crippen LogP contribution in [0.3, 0.4) is 0 Å². The molecule has 0 aliphatic carbocycles.